The third-order valence-corrected chi connectivity index (χ3v) is 5.34. The molecule has 2 aromatic carbocycles. The monoisotopic (exact) mass is 391 g/mol. The molecule has 1 saturated heterocycles. The van der Waals surface area contributed by atoms with Gasteiger partial charge in [0.15, 0.2) is 5.78 Å². The standard InChI is InChI=1S/C21H21N5O3/c1-24-14-22-23-21(24)17-8-5-11-25(13-17)18-10-9-16(12-19(18)26(28)29)20(27)15-6-3-2-4-7-15/h2-4,6-7,9-10,12,14,17H,5,8,11,13H2,1H3/t17-/m1/s1. The Morgan fingerprint density at radius 2 is 1.97 bits per heavy atom. The van der Waals surface area contributed by atoms with Crippen LogP contribution in [0, 0.1) is 10.1 Å². The third kappa shape index (κ3) is 3.73. The summed E-state index contributed by atoms with van der Waals surface area (Å²) in [6.45, 7) is 1.35. The number of ketones is 1. The molecular weight excluding hydrogens is 370 g/mol. The van der Waals surface area contributed by atoms with Crippen LogP contribution in [0.25, 0.3) is 0 Å². The van der Waals surface area contributed by atoms with Crippen molar-refractivity contribution < 1.29 is 9.72 Å². The first-order valence-electron chi connectivity index (χ1n) is 9.51. The van der Waals surface area contributed by atoms with E-state index in [1.54, 1.807) is 42.7 Å². The number of anilines is 1. The lowest BCUT2D eigenvalue weighted by Crippen LogP contribution is -2.35. The molecule has 2 heterocycles. The number of hydrogen-bond acceptors (Lipinski definition) is 6. The van der Waals surface area contributed by atoms with E-state index < -0.39 is 4.92 Å². The second kappa shape index (κ2) is 7.83. The van der Waals surface area contributed by atoms with Crippen LogP contribution in [0.1, 0.15) is 40.5 Å². The fourth-order valence-electron chi connectivity index (χ4n) is 3.90. The van der Waals surface area contributed by atoms with E-state index >= 15 is 0 Å². The maximum absolute atomic E-state index is 12.7. The van der Waals surface area contributed by atoms with Gasteiger partial charge in [0, 0.05) is 43.2 Å². The molecule has 1 aromatic heterocycles. The van der Waals surface area contributed by atoms with Crippen LogP contribution < -0.4 is 4.90 Å². The number of piperidine rings is 1. The Morgan fingerprint density at radius 1 is 1.17 bits per heavy atom. The Kier molecular flexibility index (Phi) is 5.07. The van der Waals surface area contributed by atoms with Gasteiger partial charge in [-0.25, -0.2) is 0 Å². The van der Waals surface area contributed by atoms with Gasteiger partial charge >= 0.3 is 0 Å². The molecule has 0 N–H and O–H groups in total. The number of carbonyl (C=O) groups is 1. The molecule has 8 nitrogen and oxygen atoms in total. The van der Waals surface area contributed by atoms with Gasteiger partial charge in [0.1, 0.15) is 17.8 Å². The summed E-state index contributed by atoms with van der Waals surface area (Å²) in [5.41, 5.74) is 1.31. The largest absolute Gasteiger partial charge is 0.365 e. The number of nitro benzene ring substituents is 1. The van der Waals surface area contributed by atoms with Gasteiger partial charge < -0.3 is 9.47 Å². The van der Waals surface area contributed by atoms with E-state index in [-0.39, 0.29) is 17.4 Å². The molecule has 0 bridgehead atoms. The molecule has 4 rings (SSSR count). The molecule has 29 heavy (non-hydrogen) atoms. The summed E-state index contributed by atoms with van der Waals surface area (Å²) in [6, 6.07) is 13.5. The predicted octanol–water partition coefficient (Wildman–Crippen LogP) is 3.34. The van der Waals surface area contributed by atoms with Crippen LogP contribution in [0.2, 0.25) is 0 Å². The van der Waals surface area contributed by atoms with Crippen molar-refractivity contribution in [2.75, 3.05) is 18.0 Å². The molecule has 1 aliphatic rings. The average Bonchev–Trinajstić information content (AvgIpc) is 3.19. The predicted molar refractivity (Wildman–Crippen MR) is 108 cm³/mol. The van der Waals surface area contributed by atoms with E-state index in [0.29, 0.717) is 23.4 Å². The van der Waals surface area contributed by atoms with E-state index in [0.717, 1.165) is 25.2 Å². The summed E-state index contributed by atoms with van der Waals surface area (Å²) >= 11 is 0. The first-order chi connectivity index (χ1) is 14.0. The second-order valence-electron chi connectivity index (χ2n) is 7.24. The summed E-state index contributed by atoms with van der Waals surface area (Å²) < 4.78 is 1.89. The third-order valence-electron chi connectivity index (χ3n) is 5.34. The Bertz CT molecular complexity index is 1050. The number of hydrogen-bond donors (Lipinski definition) is 0. The van der Waals surface area contributed by atoms with Crippen molar-refractivity contribution in [3.05, 3.63) is 81.9 Å². The van der Waals surface area contributed by atoms with Gasteiger partial charge in [-0.1, -0.05) is 30.3 Å². The highest BCUT2D eigenvalue weighted by Gasteiger charge is 2.29. The molecular formula is C21H21N5O3. The number of aryl methyl sites for hydroxylation is 1. The fraction of sp³-hybridized carbons (Fsp3) is 0.286. The van der Waals surface area contributed by atoms with E-state index in [1.807, 2.05) is 22.6 Å². The lowest BCUT2D eigenvalue weighted by atomic mass is 9.96. The van der Waals surface area contributed by atoms with Crippen LogP contribution in [-0.2, 0) is 7.05 Å². The molecule has 0 amide bonds. The number of carbonyl (C=O) groups excluding carboxylic acids is 1. The minimum Gasteiger partial charge on any atom is -0.365 e. The summed E-state index contributed by atoms with van der Waals surface area (Å²) in [7, 11) is 1.90. The van der Waals surface area contributed by atoms with Crippen molar-refractivity contribution in [3.8, 4) is 0 Å². The van der Waals surface area contributed by atoms with E-state index in [2.05, 4.69) is 10.2 Å². The molecule has 1 aliphatic heterocycles. The molecule has 0 radical (unpaired) electrons. The zero-order chi connectivity index (χ0) is 20.4. The maximum Gasteiger partial charge on any atom is 0.293 e. The number of benzene rings is 2. The van der Waals surface area contributed by atoms with Crippen LogP contribution in [0.5, 0.6) is 0 Å². The van der Waals surface area contributed by atoms with Crippen molar-refractivity contribution >= 4 is 17.2 Å². The first kappa shape index (κ1) is 18.8. The number of nitro groups is 1. The van der Waals surface area contributed by atoms with E-state index in [4.69, 9.17) is 0 Å². The topological polar surface area (TPSA) is 94.2 Å². The van der Waals surface area contributed by atoms with Crippen molar-refractivity contribution in [2.45, 2.75) is 18.8 Å². The van der Waals surface area contributed by atoms with Crippen molar-refractivity contribution in [2.24, 2.45) is 7.05 Å². The van der Waals surface area contributed by atoms with Crippen LogP contribution in [0.3, 0.4) is 0 Å². The van der Waals surface area contributed by atoms with Crippen molar-refractivity contribution in [3.63, 3.8) is 0 Å². The van der Waals surface area contributed by atoms with Gasteiger partial charge in [-0.15, -0.1) is 10.2 Å². The Balaban J connectivity index is 1.64. The molecule has 0 saturated carbocycles. The summed E-state index contributed by atoms with van der Waals surface area (Å²) in [4.78, 5) is 26.1. The highest BCUT2D eigenvalue weighted by Crippen LogP contribution is 2.35. The minimum absolute atomic E-state index is 0.0506. The molecule has 0 spiro atoms. The van der Waals surface area contributed by atoms with Gasteiger partial charge in [0.2, 0.25) is 0 Å². The number of rotatable bonds is 5. The zero-order valence-corrected chi connectivity index (χ0v) is 16.1. The van der Waals surface area contributed by atoms with E-state index in [1.165, 1.54) is 6.07 Å². The van der Waals surface area contributed by atoms with Crippen molar-refractivity contribution in [1.29, 1.82) is 0 Å². The lowest BCUT2D eigenvalue weighted by molar-refractivity contribution is -0.384. The fourth-order valence-corrected chi connectivity index (χ4v) is 3.90. The first-order valence-corrected chi connectivity index (χ1v) is 9.51. The Hall–Kier alpha value is -3.55. The highest BCUT2D eigenvalue weighted by molar-refractivity contribution is 6.09. The molecule has 0 aliphatic carbocycles. The molecule has 3 aromatic rings. The molecule has 148 valence electrons. The Labute approximate surface area is 167 Å². The zero-order valence-electron chi connectivity index (χ0n) is 16.1. The SMILES string of the molecule is Cn1cnnc1[C@@H]1CCCN(c2ccc(C(=O)c3ccccc3)cc2[N+](=O)[O-])C1. The highest BCUT2D eigenvalue weighted by atomic mass is 16.6. The smallest absolute Gasteiger partial charge is 0.293 e. The molecule has 1 atom stereocenters. The van der Waals surface area contributed by atoms with E-state index in [9.17, 15) is 14.9 Å². The van der Waals surface area contributed by atoms with Gasteiger partial charge in [-0.05, 0) is 25.0 Å². The van der Waals surface area contributed by atoms with Gasteiger partial charge in [0.05, 0.1) is 4.92 Å². The summed E-state index contributed by atoms with van der Waals surface area (Å²) in [6.07, 6.45) is 3.53. The Morgan fingerprint density at radius 3 is 2.66 bits per heavy atom. The second-order valence-corrected chi connectivity index (χ2v) is 7.24. The van der Waals surface area contributed by atoms with Crippen LogP contribution in [-0.4, -0.2) is 38.6 Å². The lowest BCUT2D eigenvalue weighted by Gasteiger charge is -2.33. The molecule has 0 unspecified atom stereocenters. The van der Waals surface area contributed by atoms with Crippen LogP contribution in [0.15, 0.2) is 54.9 Å². The van der Waals surface area contributed by atoms with Gasteiger partial charge in [-0.2, -0.15) is 0 Å². The van der Waals surface area contributed by atoms with Crippen LogP contribution in [0.4, 0.5) is 11.4 Å². The van der Waals surface area contributed by atoms with Gasteiger partial charge in [-0.3, -0.25) is 14.9 Å². The molecule has 8 heteroatoms. The van der Waals surface area contributed by atoms with Gasteiger partial charge in [0.25, 0.3) is 5.69 Å². The minimum atomic E-state index is -0.414. The normalized spacial score (nSPS) is 16.6. The summed E-state index contributed by atoms with van der Waals surface area (Å²) in [5.74, 6) is 0.811. The maximum atomic E-state index is 12.7. The quantitative estimate of drug-likeness (QED) is 0.376. The number of aromatic nitrogens is 3. The van der Waals surface area contributed by atoms with Crippen LogP contribution >= 0.6 is 0 Å². The molecule has 1 fully saturated rings. The summed E-state index contributed by atoms with van der Waals surface area (Å²) in [5, 5.41) is 19.9. The average molecular weight is 391 g/mol. The van der Waals surface area contributed by atoms with Crippen molar-refractivity contribution in [1.82, 2.24) is 14.8 Å². The number of nitrogens with zero attached hydrogens (tertiary/aromatic N) is 5.